The average molecular weight is 543 g/mol. The third-order valence-electron chi connectivity index (χ3n) is 5.80. The lowest BCUT2D eigenvalue weighted by Gasteiger charge is -2.11. The van der Waals surface area contributed by atoms with Crippen molar-refractivity contribution in [2.45, 2.75) is 13.1 Å². The van der Waals surface area contributed by atoms with Crippen molar-refractivity contribution in [2.75, 3.05) is 35.6 Å². The van der Waals surface area contributed by atoms with Crippen LogP contribution in [0.2, 0.25) is 0 Å². The van der Waals surface area contributed by atoms with Crippen molar-refractivity contribution in [1.82, 2.24) is 0 Å². The summed E-state index contributed by atoms with van der Waals surface area (Å²) in [6.07, 6.45) is 12.3. The maximum atomic E-state index is 4.53. The number of pyridine rings is 2. The van der Waals surface area contributed by atoms with Gasteiger partial charge in [-0.05, 0) is 24.3 Å². The molecule has 0 spiro atoms. The smallest absolute Gasteiger partial charge is 0.169 e. The Bertz CT molecular complexity index is 1180. The van der Waals surface area contributed by atoms with Gasteiger partial charge in [-0.15, -0.1) is 0 Å². The molecule has 4 rings (SSSR count). The van der Waals surface area contributed by atoms with Gasteiger partial charge in [-0.3, -0.25) is 10.0 Å². The maximum Gasteiger partial charge on any atom is 0.169 e. The minimum Gasteiger partial charge on any atom is -0.269 e. The lowest BCUT2D eigenvalue weighted by atomic mass is 10.3. The second kappa shape index (κ2) is 15.0. The van der Waals surface area contributed by atoms with Gasteiger partial charge in [0.25, 0.3) is 0 Å². The third kappa shape index (κ3) is 9.04. The summed E-state index contributed by atoms with van der Waals surface area (Å²) in [6, 6.07) is 28.7. The quantitative estimate of drug-likeness (QED) is 0.0757. The number of hydrogen-bond donors (Lipinski definition) is 0. The standard InChI is InChI=1S/C30H34N6S2/c1-33(29-9-5-3-6-10-29)31-25-27-13-17-35(18-14-27)21-23-37-38-24-22-36-19-15-28(16-20-36)26-32-34(2)30-11-7-4-8-12-30/h3-20,25-26H,21-24H2,1-2H3/q+2. The minimum atomic E-state index is 0.984. The topological polar surface area (TPSA) is 39.0 Å². The number of para-hydroxylation sites is 2. The van der Waals surface area contributed by atoms with E-state index in [9.17, 15) is 0 Å². The highest BCUT2D eigenvalue weighted by Crippen LogP contribution is 2.20. The summed E-state index contributed by atoms with van der Waals surface area (Å²) >= 11 is 0. The highest BCUT2D eigenvalue weighted by molar-refractivity contribution is 8.76. The fourth-order valence-corrected chi connectivity index (χ4v) is 5.50. The number of aryl methyl sites for hydroxylation is 2. The molecule has 0 aliphatic carbocycles. The number of hydrogen-bond acceptors (Lipinski definition) is 6. The van der Waals surface area contributed by atoms with Crippen molar-refractivity contribution in [3.8, 4) is 0 Å². The number of anilines is 2. The van der Waals surface area contributed by atoms with Gasteiger partial charge in [-0.25, -0.2) is 9.13 Å². The van der Waals surface area contributed by atoms with Gasteiger partial charge in [0.2, 0.25) is 0 Å². The van der Waals surface area contributed by atoms with Crippen molar-refractivity contribution >= 4 is 45.4 Å². The van der Waals surface area contributed by atoms with Gasteiger partial charge in [0.05, 0.1) is 35.3 Å². The van der Waals surface area contributed by atoms with Crippen molar-refractivity contribution in [3.63, 3.8) is 0 Å². The lowest BCUT2D eigenvalue weighted by Crippen LogP contribution is -2.34. The van der Waals surface area contributed by atoms with Gasteiger partial charge in [0.15, 0.2) is 37.9 Å². The highest BCUT2D eigenvalue weighted by Gasteiger charge is 2.04. The molecule has 0 bridgehead atoms. The predicted molar refractivity (Wildman–Crippen MR) is 163 cm³/mol. The summed E-state index contributed by atoms with van der Waals surface area (Å²) in [5, 5.41) is 12.8. The second-order valence-electron chi connectivity index (χ2n) is 8.59. The largest absolute Gasteiger partial charge is 0.269 e. The number of nitrogens with zero attached hydrogens (tertiary/aromatic N) is 6. The Morgan fingerprint density at radius 2 is 0.947 bits per heavy atom. The Morgan fingerprint density at radius 3 is 1.32 bits per heavy atom. The molecule has 0 fully saturated rings. The van der Waals surface area contributed by atoms with Crippen LogP contribution in [-0.2, 0) is 13.1 Å². The van der Waals surface area contributed by atoms with Crippen LogP contribution in [0.5, 0.6) is 0 Å². The fourth-order valence-electron chi connectivity index (χ4n) is 3.54. The summed E-state index contributed by atoms with van der Waals surface area (Å²) in [6.45, 7) is 1.97. The van der Waals surface area contributed by atoms with Crippen LogP contribution in [0.3, 0.4) is 0 Å². The molecule has 194 valence electrons. The van der Waals surface area contributed by atoms with Crippen LogP contribution in [0.15, 0.2) is 120 Å². The zero-order valence-corrected chi connectivity index (χ0v) is 23.5. The SMILES string of the molecule is CN(/N=C/c1cc[n+](CCSSCC[n+]2ccc(/C=N/N(C)c3ccccc3)cc2)cc1)c1ccccc1. The van der Waals surface area contributed by atoms with Crippen LogP contribution in [0.25, 0.3) is 0 Å². The zero-order chi connectivity index (χ0) is 26.4. The molecule has 0 saturated carbocycles. The van der Waals surface area contributed by atoms with Crippen molar-refractivity contribution < 1.29 is 9.13 Å². The number of aromatic nitrogens is 2. The van der Waals surface area contributed by atoms with Crippen LogP contribution in [0.1, 0.15) is 11.1 Å². The molecule has 6 nitrogen and oxygen atoms in total. The van der Waals surface area contributed by atoms with Crippen LogP contribution < -0.4 is 19.2 Å². The molecule has 2 aromatic carbocycles. The molecule has 0 unspecified atom stereocenters. The van der Waals surface area contributed by atoms with E-state index in [1.54, 1.807) is 0 Å². The molecule has 0 radical (unpaired) electrons. The second-order valence-corrected chi connectivity index (χ2v) is 11.3. The molecule has 0 N–H and O–H groups in total. The van der Waals surface area contributed by atoms with E-state index in [2.05, 4.69) is 68.4 Å². The van der Waals surface area contributed by atoms with E-state index in [4.69, 9.17) is 0 Å². The van der Waals surface area contributed by atoms with Crippen molar-refractivity contribution in [1.29, 1.82) is 0 Å². The summed E-state index contributed by atoms with van der Waals surface area (Å²) in [5.41, 5.74) is 4.31. The van der Waals surface area contributed by atoms with Crippen LogP contribution in [0, 0.1) is 0 Å². The monoisotopic (exact) mass is 542 g/mol. The van der Waals surface area contributed by atoms with Crippen molar-refractivity contribution in [3.05, 3.63) is 121 Å². The van der Waals surface area contributed by atoms with E-state index in [1.165, 1.54) is 0 Å². The van der Waals surface area contributed by atoms with E-state index in [0.29, 0.717) is 0 Å². The fraction of sp³-hybridized carbons (Fsp3) is 0.200. The molecule has 8 heteroatoms. The Morgan fingerprint density at radius 1 is 0.579 bits per heavy atom. The van der Waals surface area contributed by atoms with E-state index in [1.807, 2.05) is 119 Å². The predicted octanol–water partition coefficient (Wildman–Crippen LogP) is 5.28. The first-order chi connectivity index (χ1) is 18.7. The van der Waals surface area contributed by atoms with E-state index in [-0.39, 0.29) is 0 Å². The van der Waals surface area contributed by atoms with E-state index < -0.39 is 0 Å². The minimum absolute atomic E-state index is 0.984. The Kier molecular flexibility index (Phi) is 10.8. The number of rotatable bonds is 13. The Balaban J connectivity index is 1.11. The first kappa shape index (κ1) is 27.4. The van der Waals surface area contributed by atoms with Crippen LogP contribution >= 0.6 is 21.6 Å². The van der Waals surface area contributed by atoms with Gasteiger partial charge < -0.3 is 0 Å². The molecular weight excluding hydrogens is 509 g/mol. The molecule has 0 amide bonds. The molecule has 38 heavy (non-hydrogen) atoms. The first-order valence-electron chi connectivity index (χ1n) is 12.6. The molecule has 0 aliphatic heterocycles. The lowest BCUT2D eigenvalue weighted by molar-refractivity contribution is -0.692. The summed E-state index contributed by atoms with van der Waals surface area (Å²) in [7, 11) is 7.75. The normalized spacial score (nSPS) is 11.3. The summed E-state index contributed by atoms with van der Waals surface area (Å²) in [4.78, 5) is 0. The summed E-state index contributed by atoms with van der Waals surface area (Å²) in [5.74, 6) is 2.13. The van der Waals surface area contributed by atoms with Gasteiger partial charge >= 0.3 is 0 Å². The van der Waals surface area contributed by atoms with E-state index in [0.717, 1.165) is 47.1 Å². The first-order valence-corrected chi connectivity index (χ1v) is 15.0. The van der Waals surface area contributed by atoms with Gasteiger partial charge in [0.1, 0.15) is 0 Å². The Labute approximate surface area is 233 Å². The van der Waals surface area contributed by atoms with Gasteiger partial charge in [-0.1, -0.05) is 58.0 Å². The average Bonchev–Trinajstić information content (AvgIpc) is 2.98. The molecule has 2 aromatic heterocycles. The van der Waals surface area contributed by atoms with Crippen LogP contribution in [-0.4, -0.2) is 38.0 Å². The van der Waals surface area contributed by atoms with Gasteiger partial charge in [0, 0.05) is 49.5 Å². The Hall–Kier alpha value is -3.62. The third-order valence-corrected chi connectivity index (χ3v) is 8.17. The van der Waals surface area contributed by atoms with Crippen molar-refractivity contribution in [2.24, 2.45) is 10.2 Å². The molecule has 2 heterocycles. The van der Waals surface area contributed by atoms with Crippen LogP contribution in [0.4, 0.5) is 11.4 Å². The molecule has 0 aliphatic rings. The number of benzene rings is 2. The number of hydrazone groups is 2. The maximum absolute atomic E-state index is 4.53. The highest BCUT2D eigenvalue weighted by atomic mass is 33.1. The molecule has 0 atom stereocenters. The molecule has 0 saturated heterocycles. The van der Waals surface area contributed by atoms with E-state index >= 15 is 0 Å². The zero-order valence-electron chi connectivity index (χ0n) is 21.9. The van der Waals surface area contributed by atoms with Gasteiger partial charge in [-0.2, -0.15) is 10.2 Å². The molecular formula is C30H34N6S2+2. The molecule has 4 aromatic rings. The summed E-state index contributed by atoms with van der Waals surface area (Å²) < 4.78 is 4.44.